The second-order valence-electron chi connectivity index (χ2n) is 3.69. The lowest BCUT2D eigenvalue weighted by molar-refractivity contribution is -0.127. The zero-order chi connectivity index (χ0) is 11.7. The molecular weight excluding hydrogens is 230 g/mol. The van der Waals surface area contributed by atoms with Crippen LogP contribution in [0.2, 0.25) is 5.28 Å². The average Bonchev–Trinajstić information content (AvgIpc) is 2.55. The Morgan fingerprint density at radius 1 is 1.69 bits per heavy atom. The molecule has 1 saturated heterocycles. The van der Waals surface area contributed by atoms with Crippen LogP contribution >= 0.6 is 11.6 Å². The third kappa shape index (κ3) is 2.01. The lowest BCUT2D eigenvalue weighted by Crippen LogP contribution is -2.31. The number of nitrogens with two attached hydrogens (primary N) is 1. The van der Waals surface area contributed by atoms with Crippen molar-refractivity contribution in [3.05, 3.63) is 11.5 Å². The van der Waals surface area contributed by atoms with Crippen LogP contribution in [0.3, 0.4) is 0 Å². The van der Waals surface area contributed by atoms with Gasteiger partial charge in [-0.05, 0) is 18.0 Å². The van der Waals surface area contributed by atoms with Crippen LogP contribution in [-0.2, 0) is 4.79 Å². The monoisotopic (exact) mass is 241 g/mol. The topological polar surface area (TPSA) is 84.1 Å². The number of carbonyl (C=O) groups excluding carboxylic acids is 1. The van der Waals surface area contributed by atoms with Gasteiger partial charge in [-0.2, -0.15) is 4.98 Å². The SMILES string of the molecule is CN1CCC(Nc2nc(Cl)ncc2N)C1=O. The van der Waals surface area contributed by atoms with Gasteiger partial charge in [0.25, 0.3) is 0 Å². The maximum Gasteiger partial charge on any atom is 0.244 e. The van der Waals surface area contributed by atoms with Gasteiger partial charge in [0.15, 0.2) is 5.82 Å². The number of halogens is 1. The molecule has 1 aromatic heterocycles. The van der Waals surface area contributed by atoms with E-state index < -0.39 is 0 Å². The van der Waals surface area contributed by atoms with E-state index in [1.807, 2.05) is 0 Å². The maximum atomic E-state index is 11.7. The van der Waals surface area contributed by atoms with Crippen molar-refractivity contribution in [3.8, 4) is 0 Å². The van der Waals surface area contributed by atoms with Gasteiger partial charge in [0.05, 0.1) is 11.9 Å². The third-order valence-electron chi connectivity index (χ3n) is 2.53. The number of likely N-dealkylation sites (tertiary alicyclic amines) is 1. The predicted octanol–water partition coefficient (Wildman–Crippen LogP) is 0.355. The summed E-state index contributed by atoms with van der Waals surface area (Å²) in [5, 5.41) is 3.09. The van der Waals surface area contributed by atoms with Crippen LogP contribution in [-0.4, -0.2) is 40.4 Å². The summed E-state index contributed by atoms with van der Waals surface area (Å²) in [7, 11) is 1.76. The van der Waals surface area contributed by atoms with Gasteiger partial charge < -0.3 is 16.0 Å². The molecule has 0 aromatic carbocycles. The first-order valence-electron chi connectivity index (χ1n) is 4.87. The van der Waals surface area contributed by atoms with Crippen molar-refractivity contribution < 1.29 is 4.79 Å². The molecule has 1 unspecified atom stereocenters. The van der Waals surface area contributed by atoms with Crippen LogP contribution in [0.4, 0.5) is 11.5 Å². The van der Waals surface area contributed by atoms with Crippen LogP contribution in [0.25, 0.3) is 0 Å². The molecule has 1 aliphatic heterocycles. The standard InChI is InChI=1S/C9H12ClN5O/c1-15-3-2-6(8(15)16)13-7-5(11)4-12-9(10)14-7/h4,6H,2-3,11H2,1H3,(H,12,13,14). The summed E-state index contributed by atoms with van der Waals surface area (Å²) in [6.45, 7) is 0.731. The highest BCUT2D eigenvalue weighted by atomic mass is 35.5. The van der Waals surface area contributed by atoms with Gasteiger partial charge in [0.1, 0.15) is 6.04 Å². The first-order chi connectivity index (χ1) is 7.58. The number of nitrogens with one attached hydrogen (secondary N) is 1. The van der Waals surface area contributed by atoms with Gasteiger partial charge in [-0.3, -0.25) is 4.79 Å². The fourth-order valence-electron chi connectivity index (χ4n) is 1.61. The van der Waals surface area contributed by atoms with Crippen molar-refractivity contribution in [2.45, 2.75) is 12.5 Å². The Balaban J connectivity index is 2.15. The highest BCUT2D eigenvalue weighted by Gasteiger charge is 2.29. The average molecular weight is 242 g/mol. The fraction of sp³-hybridized carbons (Fsp3) is 0.444. The molecule has 7 heteroatoms. The fourth-order valence-corrected chi connectivity index (χ4v) is 1.74. The Bertz CT molecular complexity index is 424. The molecule has 86 valence electrons. The van der Waals surface area contributed by atoms with Gasteiger partial charge in [-0.1, -0.05) is 0 Å². The van der Waals surface area contributed by atoms with Crippen LogP contribution in [0.5, 0.6) is 0 Å². The first-order valence-corrected chi connectivity index (χ1v) is 5.25. The Kier molecular flexibility index (Phi) is 2.82. The molecule has 2 rings (SSSR count). The van der Waals surface area contributed by atoms with E-state index in [1.165, 1.54) is 6.20 Å². The number of rotatable bonds is 2. The number of anilines is 2. The van der Waals surface area contributed by atoms with E-state index in [1.54, 1.807) is 11.9 Å². The summed E-state index contributed by atoms with van der Waals surface area (Å²) < 4.78 is 0. The van der Waals surface area contributed by atoms with Gasteiger partial charge in [0, 0.05) is 13.6 Å². The highest BCUT2D eigenvalue weighted by molar-refractivity contribution is 6.28. The molecule has 1 aliphatic rings. The van der Waals surface area contributed by atoms with Crippen molar-refractivity contribution in [1.29, 1.82) is 0 Å². The number of aromatic nitrogens is 2. The first kappa shape index (κ1) is 10.9. The van der Waals surface area contributed by atoms with Crippen LogP contribution in [0, 0.1) is 0 Å². The second kappa shape index (κ2) is 4.13. The number of hydrogen-bond acceptors (Lipinski definition) is 5. The number of nitrogens with zero attached hydrogens (tertiary/aromatic N) is 3. The molecule has 6 nitrogen and oxygen atoms in total. The molecule has 1 amide bonds. The number of nitrogen functional groups attached to an aromatic ring is 1. The van der Waals surface area contributed by atoms with Gasteiger partial charge >= 0.3 is 0 Å². The Labute approximate surface area is 97.8 Å². The van der Waals surface area contributed by atoms with E-state index in [0.29, 0.717) is 11.5 Å². The van der Waals surface area contributed by atoms with E-state index in [4.69, 9.17) is 17.3 Å². The Hall–Kier alpha value is -1.56. The molecule has 0 bridgehead atoms. The van der Waals surface area contributed by atoms with Crippen molar-refractivity contribution in [2.24, 2.45) is 0 Å². The number of likely N-dealkylation sites (N-methyl/N-ethyl adjacent to an activating group) is 1. The van der Waals surface area contributed by atoms with E-state index in [0.717, 1.165) is 13.0 Å². The predicted molar refractivity (Wildman–Crippen MR) is 61.1 cm³/mol. The molecule has 2 heterocycles. The Morgan fingerprint density at radius 2 is 2.44 bits per heavy atom. The molecule has 16 heavy (non-hydrogen) atoms. The van der Waals surface area contributed by atoms with Gasteiger partial charge in [0.2, 0.25) is 11.2 Å². The zero-order valence-corrected chi connectivity index (χ0v) is 9.53. The molecule has 0 spiro atoms. The summed E-state index contributed by atoms with van der Waals surface area (Å²) in [6.07, 6.45) is 2.15. The van der Waals surface area contributed by atoms with Gasteiger partial charge in [-0.15, -0.1) is 0 Å². The minimum atomic E-state index is -0.279. The summed E-state index contributed by atoms with van der Waals surface area (Å²) >= 11 is 5.65. The molecule has 0 radical (unpaired) electrons. The van der Waals surface area contributed by atoms with E-state index in [2.05, 4.69) is 15.3 Å². The zero-order valence-electron chi connectivity index (χ0n) is 8.77. The number of carbonyl (C=O) groups is 1. The molecule has 0 saturated carbocycles. The summed E-state index contributed by atoms with van der Waals surface area (Å²) in [6, 6.07) is -0.279. The van der Waals surface area contributed by atoms with Gasteiger partial charge in [-0.25, -0.2) is 4.98 Å². The summed E-state index contributed by atoms with van der Waals surface area (Å²) in [4.78, 5) is 21.0. The lowest BCUT2D eigenvalue weighted by Gasteiger charge is -2.13. The minimum Gasteiger partial charge on any atom is -0.394 e. The van der Waals surface area contributed by atoms with Crippen molar-refractivity contribution in [2.75, 3.05) is 24.6 Å². The van der Waals surface area contributed by atoms with E-state index in [-0.39, 0.29) is 17.2 Å². The smallest absolute Gasteiger partial charge is 0.244 e. The quantitative estimate of drug-likeness (QED) is 0.731. The molecule has 3 N–H and O–H groups in total. The maximum absolute atomic E-state index is 11.7. The van der Waals surface area contributed by atoms with Crippen molar-refractivity contribution in [1.82, 2.24) is 14.9 Å². The van der Waals surface area contributed by atoms with E-state index in [9.17, 15) is 4.79 Å². The normalized spacial score (nSPS) is 20.2. The second-order valence-corrected chi connectivity index (χ2v) is 4.03. The van der Waals surface area contributed by atoms with E-state index >= 15 is 0 Å². The minimum absolute atomic E-state index is 0.0362. The summed E-state index contributed by atoms with van der Waals surface area (Å²) in [5.74, 6) is 0.447. The molecule has 1 atom stereocenters. The Morgan fingerprint density at radius 3 is 3.06 bits per heavy atom. The molecule has 0 aliphatic carbocycles. The highest BCUT2D eigenvalue weighted by Crippen LogP contribution is 2.20. The van der Waals surface area contributed by atoms with Crippen LogP contribution < -0.4 is 11.1 Å². The number of hydrogen-bond donors (Lipinski definition) is 2. The van der Waals surface area contributed by atoms with Crippen LogP contribution in [0.1, 0.15) is 6.42 Å². The number of amides is 1. The third-order valence-corrected chi connectivity index (χ3v) is 2.71. The molecule has 1 fully saturated rings. The molecular formula is C9H12ClN5O. The van der Waals surface area contributed by atoms with Crippen molar-refractivity contribution >= 4 is 29.0 Å². The lowest BCUT2D eigenvalue weighted by atomic mass is 10.2. The van der Waals surface area contributed by atoms with Crippen LogP contribution in [0.15, 0.2) is 6.20 Å². The summed E-state index contributed by atoms with van der Waals surface area (Å²) in [5.41, 5.74) is 6.06. The van der Waals surface area contributed by atoms with Crippen molar-refractivity contribution in [3.63, 3.8) is 0 Å². The largest absolute Gasteiger partial charge is 0.394 e. The molecule has 1 aromatic rings.